The molecule has 0 rings (SSSR count). The van der Waals surface area contributed by atoms with Gasteiger partial charge in [-0.05, 0) is 0 Å². The van der Waals surface area contributed by atoms with Crippen LogP contribution in [0.5, 0.6) is 0 Å². The molecule has 0 bridgehead atoms. The Kier molecular flexibility index (Phi) is 29.0. The summed E-state index contributed by atoms with van der Waals surface area (Å²) in [6.07, 6.45) is 0. The van der Waals surface area contributed by atoms with Crippen LogP contribution in [0.2, 0.25) is 0 Å². The minimum atomic E-state index is -2.17. The standard InChI is InChI=1S/BH3O3.Ba.Sr.4H/c2-1(3)4;;;;;;/h2-4H;;;;;;/q;2*+2;4*-1. The first kappa shape index (κ1) is 16.0. The van der Waals surface area contributed by atoms with Gasteiger partial charge in [0.15, 0.2) is 0 Å². The van der Waals surface area contributed by atoms with Crippen molar-refractivity contribution in [2.45, 2.75) is 0 Å². The third-order valence-electron chi connectivity index (χ3n) is 0. The molecule has 0 atom stereocenters. The van der Waals surface area contributed by atoms with Gasteiger partial charge in [-0.2, -0.15) is 0 Å². The molecule has 32 valence electrons. The molecule has 0 saturated carbocycles. The topological polar surface area (TPSA) is 60.7 Å². The van der Waals surface area contributed by atoms with Gasteiger partial charge in [-0.15, -0.1) is 0 Å². The maximum absolute atomic E-state index is 7.17. The molecule has 0 spiro atoms. The Morgan fingerprint density at radius 1 is 1.17 bits per heavy atom. The van der Waals surface area contributed by atoms with E-state index in [1.54, 1.807) is 0 Å². The second-order valence-electron chi connectivity index (χ2n) is 0.346. The Labute approximate surface area is 120 Å². The van der Waals surface area contributed by atoms with Crippen molar-refractivity contribution >= 4 is 102 Å². The Bertz CT molecular complexity index is 25.2. The minimum absolute atomic E-state index is 0. The van der Waals surface area contributed by atoms with Crippen molar-refractivity contribution in [1.29, 1.82) is 0 Å². The van der Waals surface area contributed by atoms with E-state index in [1.807, 2.05) is 0 Å². The fraction of sp³-hybridized carbons (Fsp3) is 0. The van der Waals surface area contributed by atoms with Gasteiger partial charge < -0.3 is 20.8 Å². The molecule has 0 aromatic rings. The van der Waals surface area contributed by atoms with E-state index in [0.29, 0.717) is 0 Å². The number of rotatable bonds is 0. The summed E-state index contributed by atoms with van der Waals surface area (Å²) in [5, 5.41) is 21.5. The van der Waals surface area contributed by atoms with Gasteiger partial charge in [-0.3, -0.25) is 0 Å². The van der Waals surface area contributed by atoms with E-state index in [-0.39, 0.29) is 100 Å². The fourth-order valence-corrected chi connectivity index (χ4v) is 0. The molecule has 6 heteroatoms. The van der Waals surface area contributed by atoms with Crippen molar-refractivity contribution in [2.75, 3.05) is 0 Å². The third kappa shape index (κ3) is 28.0. The van der Waals surface area contributed by atoms with Crippen molar-refractivity contribution < 1.29 is 20.8 Å². The molecule has 0 amide bonds. The van der Waals surface area contributed by atoms with Crippen LogP contribution in [0, 0.1) is 0 Å². The molecular weight excluding hydrogens is 284 g/mol. The summed E-state index contributed by atoms with van der Waals surface area (Å²) in [4.78, 5) is 0. The van der Waals surface area contributed by atoms with E-state index >= 15 is 0 Å². The zero-order valence-electron chi connectivity index (χ0n) is 7.33. The second kappa shape index (κ2) is 10.9. The fourth-order valence-electron chi connectivity index (χ4n) is 0. The number of hydrogen-bond donors (Lipinski definition) is 3. The molecule has 0 aromatic carbocycles. The molecule has 0 aliphatic rings. The van der Waals surface area contributed by atoms with Gasteiger partial charge >= 0.3 is 102 Å². The van der Waals surface area contributed by atoms with Crippen LogP contribution in [0.3, 0.4) is 0 Å². The zero-order valence-corrected chi connectivity index (χ0v) is 11.3. The molecule has 0 aliphatic carbocycles. The van der Waals surface area contributed by atoms with E-state index in [9.17, 15) is 0 Å². The maximum Gasteiger partial charge on any atom is 2.00 e. The molecule has 0 fully saturated rings. The quantitative estimate of drug-likeness (QED) is 0.437. The molecule has 3 nitrogen and oxygen atoms in total. The summed E-state index contributed by atoms with van der Waals surface area (Å²) in [5.41, 5.74) is 0. The molecule has 0 saturated heterocycles. The average molecular weight is 291 g/mol. The van der Waals surface area contributed by atoms with Crippen molar-refractivity contribution in [2.24, 2.45) is 0 Å². The Hall–Kier alpha value is 3.00. The number of hydrogen-bond acceptors (Lipinski definition) is 3. The summed E-state index contributed by atoms with van der Waals surface area (Å²) >= 11 is 0. The van der Waals surface area contributed by atoms with Crippen LogP contribution in [0.4, 0.5) is 0 Å². The molecule has 0 unspecified atom stereocenters. The summed E-state index contributed by atoms with van der Waals surface area (Å²) in [6.45, 7) is 0. The van der Waals surface area contributed by atoms with Crippen LogP contribution in [0.25, 0.3) is 0 Å². The average Bonchev–Trinajstić information content (AvgIpc) is 0.811. The summed E-state index contributed by atoms with van der Waals surface area (Å²) in [5.74, 6) is 0. The van der Waals surface area contributed by atoms with Crippen LogP contribution in [-0.4, -0.2) is 117 Å². The van der Waals surface area contributed by atoms with Gasteiger partial charge in [0, 0.05) is 0 Å². The van der Waals surface area contributed by atoms with Gasteiger partial charge in [0.2, 0.25) is 0 Å². The van der Waals surface area contributed by atoms with Gasteiger partial charge in [0.05, 0.1) is 0 Å². The normalized spacial score (nSPS) is 4.50. The first-order chi connectivity index (χ1) is 1.73. The van der Waals surface area contributed by atoms with E-state index in [2.05, 4.69) is 0 Å². The minimum Gasteiger partial charge on any atom is -1.00 e. The predicted octanol–water partition coefficient (Wildman–Crippen LogP) is -2.36. The largest absolute Gasteiger partial charge is 2.00 e. The Morgan fingerprint density at radius 2 is 1.17 bits per heavy atom. The SMILES string of the molecule is OB(O)O.[Ba+2].[H-].[H-].[H-].[H-].[Sr+2]. The summed E-state index contributed by atoms with van der Waals surface area (Å²) < 4.78 is 0. The van der Waals surface area contributed by atoms with Crippen LogP contribution in [-0.2, 0) is 0 Å². The van der Waals surface area contributed by atoms with Crippen molar-refractivity contribution in [3.63, 3.8) is 0 Å². The smallest absolute Gasteiger partial charge is 1.00 e. The van der Waals surface area contributed by atoms with Crippen LogP contribution in [0.15, 0.2) is 0 Å². The monoisotopic (exact) mass is 292 g/mol. The van der Waals surface area contributed by atoms with Gasteiger partial charge in [0.1, 0.15) is 0 Å². The maximum atomic E-state index is 7.17. The van der Waals surface area contributed by atoms with E-state index < -0.39 is 7.32 Å². The first-order valence-corrected chi connectivity index (χ1v) is 0.775. The van der Waals surface area contributed by atoms with Gasteiger partial charge in [-0.1, -0.05) is 0 Å². The summed E-state index contributed by atoms with van der Waals surface area (Å²) in [7, 11) is -2.17. The van der Waals surface area contributed by atoms with Crippen molar-refractivity contribution in [3.05, 3.63) is 0 Å². The van der Waals surface area contributed by atoms with Crippen LogP contribution < -0.4 is 0 Å². The molecule has 0 radical (unpaired) electrons. The van der Waals surface area contributed by atoms with Crippen molar-refractivity contribution in [3.8, 4) is 0 Å². The Balaban J connectivity index is -0.00000000300. The Morgan fingerprint density at radius 3 is 1.17 bits per heavy atom. The summed E-state index contributed by atoms with van der Waals surface area (Å²) in [6, 6.07) is 0. The van der Waals surface area contributed by atoms with Gasteiger partial charge in [-0.25, -0.2) is 0 Å². The zero-order chi connectivity index (χ0) is 3.58. The van der Waals surface area contributed by atoms with Gasteiger partial charge in [0.25, 0.3) is 0 Å². The van der Waals surface area contributed by atoms with Crippen LogP contribution >= 0.6 is 0 Å². The second-order valence-corrected chi connectivity index (χ2v) is 0.346. The van der Waals surface area contributed by atoms with Crippen molar-refractivity contribution in [1.82, 2.24) is 0 Å². The third-order valence-corrected chi connectivity index (χ3v) is 0. The van der Waals surface area contributed by atoms with E-state index in [1.165, 1.54) is 0 Å². The molecule has 0 aliphatic heterocycles. The molecular formula is H7BBaO3Sr. The van der Waals surface area contributed by atoms with E-state index in [0.717, 1.165) is 0 Å². The molecule has 0 heterocycles. The molecule has 3 N–H and O–H groups in total. The van der Waals surface area contributed by atoms with E-state index in [4.69, 9.17) is 15.1 Å². The molecule has 0 aromatic heterocycles. The first-order valence-electron chi connectivity index (χ1n) is 0.775. The van der Waals surface area contributed by atoms with Crippen LogP contribution in [0.1, 0.15) is 5.71 Å². The molecule has 6 heavy (non-hydrogen) atoms. The predicted molar refractivity (Wildman–Crippen MR) is 28.4 cm³/mol.